The van der Waals surface area contributed by atoms with E-state index in [2.05, 4.69) is 145 Å². The topological polar surface area (TPSA) is 260 Å². The predicted molar refractivity (Wildman–Crippen MR) is 606 cm³/mol. The van der Waals surface area contributed by atoms with E-state index in [0.29, 0.717) is 29.6 Å². The highest BCUT2D eigenvalue weighted by Gasteiger charge is 2.37. The van der Waals surface area contributed by atoms with Gasteiger partial charge in [-0.2, -0.15) is 0 Å². The van der Waals surface area contributed by atoms with Crippen LogP contribution in [0.3, 0.4) is 0 Å². The summed E-state index contributed by atoms with van der Waals surface area (Å²) in [7, 11) is -0.795. The molecule has 11 aromatic carbocycles. The Morgan fingerprint density at radius 3 is 0.769 bits per heavy atom. The molecular formula is C119H123Cl5N6O12S5. The quantitative estimate of drug-likeness (QED) is 0.0249. The minimum absolute atomic E-state index is 0.0286. The molecule has 8 atom stereocenters. The number of aromatic nitrogens is 5. The highest BCUT2D eigenvalue weighted by Crippen LogP contribution is 2.50. The number of esters is 1. The number of fused-ring (bicyclic) bond motifs is 15. The Labute approximate surface area is 901 Å². The molecule has 5 aliphatic carbocycles. The van der Waals surface area contributed by atoms with Crippen LogP contribution >= 0.6 is 93.3 Å². The van der Waals surface area contributed by atoms with Crippen LogP contribution in [-0.2, 0) is 115 Å². The lowest BCUT2D eigenvalue weighted by atomic mass is 9.84. The molecule has 0 amide bonds. The van der Waals surface area contributed by atoms with E-state index in [1.165, 1.54) is 122 Å². The van der Waals surface area contributed by atoms with Crippen LogP contribution in [0.1, 0.15) is 229 Å². The van der Waals surface area contributed by atoms with Crippen LogP contribution in [0.15, 0.2) is 267 Å². The fourth-order valence-electron chi connectivity index (χ4n) is 22.8. The van der Waals surface area contributed by atoms with Crippen molar-refractivity contribution in [1.29, 1.82) is 0 Å². The number of carbonyl (C=O) groups is 5. The minimum Gasteiger partial charge on any atom is -0.481 e. The second-order valence-corrected chi connectivity index (χ2v) is 45.9. The summed E-state index contributed by atoms with van der Waals surface area (Å²) in [5.74, 6) is -2.85. The number of hydrogen-bond donors (Lipinski definition) is 5. The number of halogens is 5. The molecule has 3 unspecified atom stereocenters. The van der Waals surface area contributed by atoms with Gasteiger partial charge in [0.1, 0.15) is 0 Å². The van der Waals surface area contributed by atoms with Crippen LogP contribution < -0.4 is 5.73 Å². The second kappa shape index (κ2) is 50.2. The number of benzene rings is 11. The van der Waals surface area contributed by atoms with E-state index in [1.807, 2.05) is 146 Å². The number of carbonyl (C=O) groups excluding carboxylic acids is 1. The molecule has 21 rings (SSSR count). The molecular weight excluding hydrogens is 2040 g/mol. The lowest BCUT2D eigenvalue weighted by Crippen LogP contribution is -2.18. The number of hydrogen-bond acceptors (Lipinski definition) is 12. The van der Waals surface area contributed by atoms with Crippen molar-refractivity contribution in [2.45, 2.75) is 228 Å². The molecule has 0 radical (unpaired) electrons. The predicted octanol–water partition coefficient (Wildman–Crippen LogP) is 29.6. The van der Waals surface area contributed by atoms with Crippen molar-refractivity contribution in [3.8, 4) is 0 Å². The van der Waals surface area contributed by atoms with Crippen LogP contribution in [0.4, 0.5) is 0 Å². The van der Waals surface area contributed by atoms with E-state index < -0.39 is 45.5 Å². The number of nitrogens with two attached hydrogens (primary N) is 1. The number of rotatable bonds is 26. The Hall–Kier alpha value is -10.8. The molecule has 5 heterocycles. The van der Waals surface area contributed by atoms with Gasteiger partial charge in [0, 0.05) is 176 Å². The first-order valence-corrected chi connectivity index (χ1v) is 58.6. The fourth-order valence-corrected chi connectivity index (χ4v) is 26.8. The second-order valence-electron chi connectivity index (χ2n) is 38.5. The number of carboxylic acid groups (broad SMARTS) is 4. The third kappa shape index (κ3) is 25.4. The summed E-state index contributed by atoms with van der Waals surface area (Å²) >= 11 is 35.5. The maximum Gasteiger partial charge on any atom is 0.306 e. The van der Waals surface area contributed by atoms with E-state index >= 15 is 0 Å². The standard InChI is InChI=1S/C23H24ClNO2S.2C22H22ClNO3S.2C22H22ClNO2S.C8H11N/c1-27-21(26)13-16-5-3-6-18-19-7-4-8-20(28-2)23(19)25(22(16)18)14-15-9-11-17(24)12-10-15;2*1-28(27)19-7-3-6-18-17-5-2-4-15(12-20(25)26)21(17)24(22(18)19)13-14-8-10-16(23)11-9-14;2*1-27-19-7-3-6-18-17-5-2-4-15(12-20(25)26)21(17)24(22(18)19)13-14-8-10-16(23)11-9-14;1-7(9)8-5-3-2-4-6-8/h4,7-12,16H,3,5-6,13-14H2,1-2H3;2*3,6-11,15H,2,4-5,12-13H2,1H3,(H,25,26);2*3,6-11,15H,2,4-5,12-13H2,1H3,(H,25,26);2-7H,9H2,1H3/t16-;2*15-,28?;15-;;7-/m1111.1/s1. The van der Waals surface area contributed by atoms with Crippen LogP contribution in [0.5, 0.6) is 0 Å². The summed E-state index contributed by atoms with van der Waals surface area (Å²) in [5, 5.41) is 47.5. The average Bonchev–Trinajstić information content (AvgIpc) is 1.62. The van der Waals surface area contributed by atoms with E-state index in [0.717, 1.165) is 185 Å². The zero-order chi connectivity index (χ0) is 104. The van der Waals surface area contributed by atoms with Gasteiger partial charge < -0.3 is 53.7 Å². The molecule has 0 spiro atoms. The smallest absolute Gasteiger partial charge is 0.306 e. The number of aryl methyl sites for hydroxylation is 5. The Morgan fingerprint density at radius 1 is 0.333 bits per heavy atom. The Balaban J connectivity index is 0.000000128. The molecule has 28 heteroatoms. The van der Waals surface area contributed by atoms with Crippen molar-refractivity contribution in [1.82, 2.24) is 22.8 Å². The molecule has 0 bridgehead atoms. The summed E-state index contributed by atoms with van der Waals surface area (Å²) in [6.07, 6.45) is 25.5. The zero-order valence-electron chi connectivity index (χ0n) is 83.5. The van der Waals surface area contributed by atoms with E-state index in [9.17, 15) is 52.8 Å². The summed E-state index contributed by atoms with van der Waals surface area (Å²) in [6, 6.07) is 80.9. The normalized spacial score (nSPS) is 16.6. The van der Waals surface area contributed by atoms with Crippen molar-refractivity contribution < 1.29 is 57.6 Å². The van der Waals surface area contributed by atoms with Crippen molar-refractivity contribution in [2.75, 3.05) is 38.4 Å². The van der Waals surface area contributed by atoms with Crippen molar-refractivity contribution in [3.63, 3.8) is 0 Å². The van der Waals surface area contributed by atoms with Gasteiger partial charge in [0.2, 0.25) is 0 Å². The molecule has 147 heavy (non-hydrogen) atoms. The first-order valence-electron chi connectivity index (χ1n) is 50.0. The van der Waals surface area contributed by atoms with Gasteiger partial charge in [-0.3, -0.25) is 32.4 Å². The summed E-state index contributed by atoms with van der Waals surface area (Å²) < 4.78 is 41.5. The van der Waals surface area contributed by atoms with Crippen LogP contribution in [-0.4, -0.2) is 120 Å². The van der Waals surface area contributed by atoms with Crippen molar-refractivity contribution in [3.05, 3.63) is 357 Å². The fraction of sp³-hybridized carbons (Fsp3) is 0.319. The third-order valence-corrected chi connectivity index (χ3v) is 34.5. The maximum atomic E-state index is 12.5. The lowest BCUT2D eigenvalue weighted by Gasteiger charge is -2.25. The molecule has 6 N–H and O–H groups in total. The van der Waals surface area contributed by atoms with Gasteiger partial charge in [0.05, 0.1) is 98.2 Å². The zero-order valence-corrected chi connectivity index (χ0v) is 91.4. The Morgan fingerprint density at radius 2 is 0.558 bits per heavy atom. The first-order chi connectivity index (χ1) is 71.0. The minimum atomic E-state index is -1.13. The van der Waals surface area contributed by atoms with Gasteiger partial charge in [-0.05, 0) is 274 Å². The van der Waals surface area contributed by atoms with Crippen LogP contribution in [0.25, 0.3) is 54.5 Å². The maximum absolute atomic E-state index is 12.5. The third-order valence-electron chi connectivity index (χ3n) is 29.0. The molecule has 0 saturated heterocycles. The molecule has 766 valence electrons. The molecule has 5 aliphatic rings. The van der Waals surface area contributed by atoms with Gasteiger partial charge >= 0.3 is 29.8 Å². The number of thioether (sulfide) groups is 3. The van der Waals surface area contributed by atoms with E-state index in [4.69, 9.17) is 68.5 Å². The van der Waals surface area contributed by atoms with Crippen molar-refractivity contribution >= 4 is 199 Å². The molecule has 0 aliphatic heterocycles. The number of aliphatic carboxylic acids is 4. The lowest BCUT2D eigenvalue weighted by molar-refractivity contribution is -0.141. The number of carboxylic acids is 4. The summed E-state index contributed by atoms with van der Waals surface area (Å²) in [4.78, 5) is 63.4. The van der Waals surface area contributed by atoms with Gasteiger partial charge in [-0.15, -0.1) is 35.3 Å². The van der Waals surface area contributed by atoms with E-state index in [1.54, 1.807) is 47.8 Å². The number of para-hydroxylation sites is 5. The molecule has 5 aromatic heterocycles. The number of ether oxygens (including phenoxy) is 1. The average molecular weight is 2170 g/mol. The number of nitrogens with zero attached hydrogens (tertiary/aromatic N) is 5. The van der Waals surface area contributed by atoms with E-state index in [-0.39, 0.29) is 67.3 Å². The molecule has 0 fully saturated rings. The number of methoxy groups -OCH3 is 1. The monoisotopic (exact) mass is 2160 g/mol. The van der Waals surface area contributed by atoms with Gasteiger partial charge in [0.25, 0.3) is 0 Å². The molecule has 16 aromatic rings. The van der Waals surface area contributed by atoms with Crippen LogP contribution in [0, 0.1) is 0 Å². The van der Waals surface area contributed by atoms with Crippen LogP contribution in [0.2, 0.25) is 25.1 Å². The van der Waals surface area contributed by atoms with Gasteiger partial charge in [0.15, 0.2) is 0 Å². The summed E-state index contributed by atoms with van der Waals surface area (Å²) in [5.41, 5.74) is 30.7. The first kappa shape index (κ1) is 109. The van der Waals surface area contributed by atoms with Gasteiger partial charge in [-0.1, -0.05) is 210 Å². The Kier molecular flexibility index (Phi) is 37.2. The highest BCUT2D eigenvalue weighted by atomic mass is 35.5. The largest absolute Gasteiger partial charge is 0.481 e. The van der Waals surface area contributed by atoms with Gasteiger partial charge in [-0.25, -0.2) is 0 Å². The molecule has 0 saturated carbocycles. The van der Waals surface area contributed by atoms with Crippen molar-refractivity contribution in [2.24, 2.45) is 5.73 Å². The SMILES string of the molecule is COC(=O)C[C@H]1CCCc2c1n(Cc1ccc(Cl)cc1)c1c(SC)cccc21.CS(=O)c1cccc2c3c(n(Cc4ccc(Cl)cc4)c12)[C@@H](CC(=O)O)CCC3.CS(=O)c1cccc2c3c(n(Cc4ccc(Cl)cc4)c12)[C@@H](CC(=O)O)CCC3.CSc1cccc2c3c(n(Cc4ccc(Cl)cc4)c12)C(CC(=O)O)CCC3.CSc1cccc2c3c(n(Cc4ccc(Cl)cc4)c12)[C@@H](CC(=O)O)CCC3.C[C@@H](N)c1ccccc1. The highest BCUT2D eigenvalue weighted by molar-refractivity contribution is 7.99. The summed E-state index contributed by atoms with van der Waals surface area (Å²) in [6.45, 7) is 5.43. The Bertz CT molecular complexity index is 7170. The molecule has 18 nitrogen and oxygen atoms in total.